The number of hydrogen-bond donors (Lipinski definition) is 2. The standard InChI is InChI=1S/C13H23N3O.ClH/c1-3-6-15-12(17)11(2)16-8-5-13(10-16)4-7-14-9-13;/h3,11,14H,1,4-10H2,2H3,(H,15,17);1H. The lowest BCUT2D eigenvalue weighted by Gasteiger charge is -2.26. The van der Waals surface area contributed by atoms with Crippen molar-refractivity contribution in [3.63, 3.8) is 0 Å². The normalized spacial score (nSPS) is 28.9. The molecule has 2 atom stereocenters. The zero-order valence-electron chi connectivity index (χ0n) is 11.1. The highest BCUT2D eigenvalue weighted by atomic mass is 35.5. The maximum atomic E-state index is 11.9. The van der Waals surface area contributed by atoms with Gasteiger partial charge < -0.3 is 10.6 Å². The Morgan fingerprint density at radius 2 is 2.39 bits per heavy atom. The molecule has 0 aromatic heterocycles. The number of nitrogens with one attached hydrogen (secondary N) is 2. The monoisotopic (exact) mass is 273 g/mol. The third-order valence-corrected chi connectivity index (χ3v) is 4.15. The summed E-state index contributed by atoms with van der Waals surface area (Å²) in [6.07, 6.45) is 4.19. The first-order valence-corrected chi connectivity index (χ1v) is 6.50. The fourth-order valence-electron chi connectivity index (χ4n) is 2.93. The van der Waals surface area contributed by atoms with Crippen LogP contribution in [0, 0.1) is 5.41 Å². The van der Waals surface area contributed by atoms with E-state index in [0.717, 1.165) is 26.2 Å². The lowest BCUT2D eigenvalue weighted by molar-refractivity contribution is -0.125. The van der Waals surface area contributed by atoms with Gasteiger partial charge in [0.2, 0.25) is 5.91 Å². The minimum absolute atomic E-state index is 0. The van der Waals surface area contributed by atoms with Crippen LogP contribution in [0.25, 0.3) is 0 Å². The molecule has 0 aliphatic carbocycles. The van der Waals surface area contributed by atoms with E-state index in [1.54, 1.807) is 6.08 Å². The number of amides is 1. The molecule has 2 heterocycles. The maximum absolute atomic E-state index is 11.9. The van der Waals surface area contributed by atoms with Gasteiger partial charge in [-0.3, -0.25) is 9.69 Å². The quantitative estimate of drug-likeness (QED) is 0.745. The minimum atomic E-state index is -0.0186. The predicted octanol–water partition coefficient (Wildman–Crippen LogP) is 0.784. The predicted molar refractivity (Wildman–Crippen MR) is 76.0 cm³/mol. The van der Waals surface area contributed by atoms with Crippen LogP contribution in [0.1, 0.15) is 19.8 Å². The van der Waals surface area contributed by atoms with Crippen molar-refractivity contribution < 1.29 is 4.79 Å². The lowest BCUT2D eigenvalue weighted by atomic mass is 9.86. The van der Waals surface area contributed by atoms with E-state index in [2.05, 4.69) is 22.1 Å². The highest BCUT2D eigenvalue weighted by Gasteiger charge is 2.42. The van der Waals surface area contributed by atoms with Crippen LogP contribution < -0.4 is 10.6 Å². The second-order valence-electron chi connectivity index (χ2n) is 5.36. The molecule has 2 aliphatic heterocycles. The SMILES string of the molecule is C=CCNC(=O)C(C)N1CCC2(CCNC2)C1.Cl. The molecule has 104 valence electrons. The third kappa shape index (κ3) is 3.25. The number of carbonyl (C=O) groups is 1. The number of carbonyl (C=O) groups excluding carboxylic acids is 1. The van der Waals surface area contributed by atoms with Crippen molar-refractivity contribution in [2.75, 3.05) is 32.7 Å². The van der Waals surface area contributed by atoms with E-state index in [-0.39, 0.29) is 24.4 Å². The summed E-state index contributed by atoms with van der Waals surface area (Å²) < 4.78 is 0. The van der Waals surface area contributed by atoms with Gasteiger partial charge in [0.25, 0.3) is 0 Å². The molecule has 2 saturated heterocycles. The van der Waals surface area contributed by atoms with Gasteiger partial charge in [0.1, 0.15) is 0 Å². The molecule has 18 heavy (non-hydrogen) atoms. The van der Waals surface area contributed by atoms with Crippen LogP contribution >= 0.6 is 12.4 Å². The summed E-state index contributed by atoms with van der Waals surface area (Å²) in [6, 6.07) is -0.0186. The molecule has 2 fully saturated rings. The number of likely N-dealkylation sites (tertiary alicyclic amines) is 1. The average molecular weight is 274 g/mol. The van der Waals surface area contributed by atoms with Crippen LogP contribution in [0.3, 0.4) is 0 Å². The number of nitrogens with zero attached hydrogens (tertiary/aromatic N) is 1. The Bertz CT molecular complexity index is 303. The number of halogens is 1. The van der Waals surface area contributed by atoms with Gasteiger partial charge in [-0.1, -0.05) is 6.08 Å². The zero-order chi connectivity index (χ0) is 12.3. The van der Waals surface area contributed by atoms with E-state index in [1.807, 2.05) is 6.92 Å². The highest BCUT2D eigenvalue weighted by molar-refractivity contribution is 5.85. The van der Waals surface area contributed by atoms with E-state index >= 15 is 0 Å². The van der Waals surface area contributed by atoms with Crippen molar-refractivity contribution in [1.82, 2.24) is 15.5 Å². The minimum Gasteiger partial charge on any atom is -0.351 e. The van der Waals surface area contributed by atoms with Crippen molar-refractivity contribution in [2.45, 2.75) is 25.8 Å². The van der Waals surface area contributed by atoms with Crippen LogP contribution in [0.5, 0.6) is 0 Å². The topological polar surface area (TPSA) is 44.4 Å². The summed E-state index contributed by atoms with van der Waals surface area (Å²) >= 11 is 0. The first kappa shape index (κ1) is 15.5. The highest BCUT2D eigenvalue weighted by Crippen LogP contribution is 2.36. The van der Waals surface area contributed by atoms with E-state index in [1.165, 1.54) is 12.8 Å². The molecule has 1 spiro atoms. The second kappa shape index (κ2) is 6.55. The lowest BCUT2D eigenvalue weighted by Crippen LogP contribution is -2.45. The van der Waals surface area contributed by atoms with Gasteiger partial charge >= 0.3 is 0 Å². The molecular formula is C13H24ClN3O. The Kier molecular flexibility index (Phi) is 5.63. The Balaban J connectivity index is 0.00000162. The number of rotatable bonds is 4. The van der Waals surface area contributed by atoms with E-state index in [4.69, 9.17) is 0 Å². The van der Waals surface area contributed by atoms with Gasteiger partial charge in [0.05, 0.1) is 6.04 Å². The molecule has 2 aliphatic rings. The average Bonchev–Trinajstić information content (AvgIpc) is 2.96. The summed E-state index contributed by atoms with van der Waals surface area (Å²) in [5.74, 6) is 0.118. The first-order chi connectivity index (χ1) is 8.17. The Morgan fingerprint density at radius 3 is 3.00 bits per heavy atom. The number of hydrogen-bond acceptors (Lipinski definition) is 3. The summed E-state index contributed by atoms with van der Waals surface area (Å²) in [5.41, 5.74) is 0.437. The maximum Gasteiger partial charge on any atom is 0.237 e. The third-order valence-electron chi connectivity index (χ3n) is 4.15. The molecule has 2 rings (SSSR count). The molecule has 0 radical (unpaired) electrons. The molecule has 0 bridgehead atoms. The summed E-state index contributed by atoms with van der Waals surface area (Å²) in [4.78, 5) is 14.2. The summed E-state index contributed by atoms with van der Waals surface area (Å²) in [5, 5.41) is 6.31. The molecule has 1 amide bonds. The van der Waals surface area contributed by atoms with E-state index in [9.17, 15) is 4.79 Å². The van der Waals surface area contributed by atoms with Gasteiger partial charge in [-0.25, -0.2) is 0 Å². The van der Waals surface area contributed by atoms with E-state index < -0.39 is 0 Å². The Hall–Kier alpha value is -0.580. The second-order valence-corrected chi connectivity index (χ2v) is 5.36. The zero-order valence-corrected chi connectivity index (χ0v) is 11.9. The molecule has 5 heteroatoms. The van der Waals surface area contributed by atoms with Crippen LogP contribution in [0.15, 0.2) is 12.7 Å². The van der Waals surface area contributed by atoms with Crippen molar-refractivity contribution in [2.24, 2.45) is 5.41 Å². The van der Waals surface area contributed by atoms with Crippen molar-refractivity contribution in [1.29, 1.82) is 0 Å². The van der Waals surface area contributed by atoms with Gasteiger partial charge in [-0.05, 0) is 38.3 Å². The molecule has 0 aromatic rings. The van der Waals surface area contributed by atoms with Crippen LogP contribution in [0.2, 0.25) is 0 Å². The molecule has 2 N–H and O–H groups in total. The van der Waals surface area contributed by atoms with Gasteiger partial charge in [-0.2, -0.15) is 0 Å². The smallest absolute Gasteiger partial charge is 0.237 e. The Labute approximate surface area is 116 Å². The fourth-order valence-corrected chi connectivity index (χ4v) is 2.93. The summed E-state index contributed by atoms with van der Waals surface area (Å²) in [6.45, 7) is 10.5. The van der Waals surface area contributed by atoms with Crippen molar-refractivity contribution >= 4 is 18.3 Å². The van der Waals surface area contributed by atoms with Crippen molar-refractivity contribution in [3.05, 3.63) is 12.7 Å². The van der Waals surface area contributed by atoms with Gasteiger partial charge in [0, 0.05) is 19.6 Å². The molecule has 4 nitrogen and oxygen atoms in total. The molecular weight excluding hydrogens is 250 g/mol. The fraction of sp³-hybridized carbons (Fsp3) is 0.769. The van der Waals surface area contributed by atoms with E-state index in [0.29, 0.717) is 12.0 Å². The first-order valence-electron chi connectivity index (χ1n) is 6.50. The molecule has 0 aromatic carbocycles. The van der Waals surface area contributed by atoms with Crippen LogP contribution in [-0.4, -0.2) is 49.6 Å². The van der Waals surface area contributed by atoms with Gasteiger partial charge in [-0.15, -0.1) is 19.0 Å². The summed E-state index contributed by atoms with van der Waals surface area (Å²) in [7, 11) is 0. The van der Waals surface area contributed by atoms with Crippen LogP contribution in [-0.2, 0) is 4.79 Å². The molecule has 0 saturated carbocycles. The van der Waals surface area contributed by atoms with Crippen LogP contribution in [0.4, 0.5) is 0 Å². The van der Waals surface area contributed by atoms with Gasteiger partial charge in [0.15, 0.2) is 0 Å². The largest absolute Gasteiger partial charge is 0.351 e. The molecule has 2 unspecified atom stereocenters. The van der Waals surface area contributed by atoms with Crippen molar-refractivity contribution in [3.8, 4) is 0 Å². The Morgan fingerprint density at radius 1 is 1.61 bits per heavy atom.